The molecule has 0 aliphatic carbocycles. The number of carbonyl (C=O) groups is 1. The van der Waals surface area contributed by atoms with Gasteiger partial charge in [0.15, 0.2) is 0 Å². The van der Waals surface area contributed by atoms with E-state index in [0.29, 0.717) is 0 Å². The largest absolute Gasteiger partial charge is 0.481 e. The number of imidazole rings is 1. The zero-order chi connectivity index (χ0) is 13.2. The molecule has 3 rings (SSSR count). The standard InChI is InChI=1S/C15H16N2O2/c18-14(19)10-12-15(11-6-2-1-3-7-11)16-13-8-4-5-9-17(12)13/h1-3,6-7H,4-5,8-10H2,(H,18,19). The number of aromatic nitrogens is 2. The number of aliphatic carboxylic acids is 1. The van der Waals surface area contributed by atoms with Crippen LogP contribution in [0.4, 0.5) is 0 Å². The van der Waals surface area contributed by atoms with Gasteiger partial charge in [0.05, 0.1) is 17.8 Å². The van der Waals surface area contributed by atoms with Gasteiger partial charge in [-0.3, -0.25) is 4.79 Å². The molecule has 0 spiro atoms. The van der Waals surface area contributed by atoms with Gasteiger partial charge in [-0.15, -0.1) is 0 Å². The van der Waals surface area contributed by atoms with Gasteiger partial charge in [-0.1, -0.05) is 30.3 Å². The van der Waals surface area contributed by atoms with Gasteiger partial charge in [-0.05, 0) is 12.8 Å². The Labute approximate surface area is 111 Å². The summed E-state index contributed by atoms with van der Waals surface area (Å²) in [5.41, 5.74) is 2.67. The van der Waals surface area contributed by atoms with E-state index in [2.05, 4.69) is 9.55 Å². The number of benzene rings is 1. The average molecular weight is 256 g/mol. The molecule has 1 aromatic heterocycles. The van der Waals surface area contributed by atoms with Crippen molar-refractivity contribution in [2.45, 2.75) is 32.2 Å². The quantitative estimate of drug-likeness (QED) is 0.918. The molecular weight excluding hydrogens is 240 g/mol. The van der Waals surface area contributed by atoms with Crippen molar-refractivity contribution in [1.29, 1.82) is 0 Å². The molecule has 0 saturated heterocycles. The number of hydrogen-bond acceptors (Lipinski definition) is 2. The average Bonchev–Trinajstić information content (AvgIpc) is 2.78. The molecule has 0 atom stereocenters. The van der Waals surface area contributed by atoms with Crippen LogP contribution in [0.1, 0.15) is 24.4 Å². The van der Waals surface area contributed by atoms with Crippen LogP contribution in [0.2, 0.25) is 0 Å². The summed E-state index contributed by atoms with van der Waals surface area (Å²) in [4.78, 5) is 15.8. The van der Waals surface area contributed by atoms with Crippen molar-refractivity contribution in [3.8, 4) is 11.3 Å². The van der Waals surface area contributed by atoms with Crippen LogP contribution in [0.5, 0.6) is 0 Å². The first-order valence-electron chi connectivity index (χ1n) is 6.61. The molecule has 1 aliphatic heterocycles. The maximum absolute atomic E-state index is 11.1. The lowest BCUT2D eigenvalue weighted by Gasteiger charge is -2.15. The number of carboxylic acids is 1. The maximum atomic E-state index is 11.1. The normalized spacial score (nSPS) is 14.1. The minimum atomic E-state index is -0.801. The Morgan fingerprint density at radius 2 is 2.05 bits per heavy atom. The molecule has 0 bridgehead atoms. The van der Waals surface area contributed by atoms with Crippen LogP contribution in [0, 0.1) is 0 Å². The Morgan fingerprint density at radius 3 is 2.79 bits per heavy atom. The second-order valence-corrected chi connectivity index (χ2v) is 4.87. The molecule has 1 aromatic carbocycles. The summed E-state index contributed by atoms with van der Waals surface area (Å²) in [6, 6.07) is 9.84. The van der Waals surface area contributed by atoms with Gasteiger partial charge in [-0.2, -0.15) is 0 Å². The van der Waals surface area contributed by atoms with Crippen LogP contribution in [-0.2, 0) is 24.2 Å². The van der Waals surface area contributed by atoms with Crippen molar-refractivity contribution in [2.24, 2.45) is 0 Å². The molecule has 1 aliphatic rings. The highest BCUT2D eigenvalue weighted by molar-refractivity contribution is 5.74. The lowest BCUT2D eigenvalue weighted by molar-refractivity contribution is -0.136. The van der Waals surface area contributed by atoms with Gasteiger partial charge >= 0.3 is 5.97 Å². The van der Waals surface area contributed by atoms with Crippen LogP contribution < -0.4 is 0 Å². The van der Waals surface area contributed by atoms with Gasteiger partial charge in [0.25, 0.3) is 0 Å². The number of nitrogens with zero attached hydrogens (tertiary/aromatic N) is 2. The van der Waals surface area contributed by atoms with Crippen LogP contribution in [0.3, 0.4) is 0 Å². The van der Waals surface area contributed by atoms with Crippen LogP contribution >= 0.6 is 0 Å². The third-order valence-electron chi connectivity index (χ3n) is 3.55. The van der Waals surface area contributed by atoms with E-state index in [1.165, 1.54) is 0 Å². The summed E-state index contributed by atoms with van der Waals surface area (Å²) in [6.07, 6.45) is 3.22. The molecule has 4 nitrogen and oxygen atoms in total. The first kappa shape index (κ1) is 12.0. The van der Waals surface area contributed by atoms with E-state index in [1.54, 1.807) is 0 Å². The number of hydrogen-bond donors (Lipinski definition) is 1. The summed E-state index contributed by atoms with van der Waals surface area (Å²) in [6.45, 7) is 0.887. The predicted molar refractivity (Wildman–Crippen MR) is 71.9 cm³/mol. The lowest BCUT2D eigenvalue weighted by Crippen LogP contribution is -2.15. The van der Waals surface area contributed by atoms with Crippen molar-refractivity contribution < 1.29 is 9.90 Å². The fourth-order valence-electron chi connectivity index (χ4n) is 2.70. The first-order chi connectivity index (χ1) is 9.25. The highest BCUT2D eigenvalue weighted by Crippen LogP contribution is 2.27. The third kappa shape index (κ3) is 2.26. The predicted octanol–water partition coefficient (Wildman–Crippen LogP) is 2.51. The molecule has 0 radical (unpaired) electrons. The Morgan fingerprint density at radius 1 is 1.26 bits per heavy atom. The van der Waals surface area contributed by atoms with Gasteiger partial charge < -0.3 is 9.67 Å². The molecule has 0 amide bonds. The molecule has 4 heteroatoms. The van der Waals surface area contributed by atoms with Crippen LogP contribution in [0.25, 0.3) is 11.3 Å². The van der Waals surface area contributed by atoms with E-state index in [0.717, 1.165) is 48.6 Å². The summed E-state index contributed by atoms with van der Waals surface area (Å²) in [5.74, 6) is 0.229. The van der Waals surface area contributed by atoms with E-state index in [9.17, 15) is 4.79 Å². The molecule has 19 heavy (non-hydrogen) atoms. The third-order valence-corrected chi connectivity index (χ3v) is 3.55. The lowest BCUT2D eigenvalue weighted by atomic mass is 10.1. The van der Waals surface area contributed by atoms with Crippen molar-refractivity contribution in [3.05, 3.63) is 41.9 Å². The van der Waals surface area contributed by atoms with E-state index < -0.39 is 5.97 Å². The Bertz CT molecular complexity index is 602. The zero-order valence-corrected chi connectivity index (χ0v) is 10.7. The number of carboxylic acid groups (broad SMARTS) is 1. The van der Waals surface area contributed by atoms with E-state index in [4.69, 9.17) is 5.11 Å². The summed E-state index contributed by atoms with van der Waals surface area (Å²) in [5, 5.41) is 9.12. The molecule has 1 N–H and O–H groups in total. The van der Waals surface area contributed by atoms with Crippen molar-refractivity contribution >= 4 is 5.97 Å². The van der Waals surface area contributed by atoms with E-state index in [1.807, 2.05) is 30.3 Å². The van der Waals surface area contributed by atoms with E-state index >= 15 is 0 Å². The molecule has 0 unspecified atom stereocenters. The molecular formula is C15H16N2O2. The topological polar surface area (TPSA) is 55.1 Å². The molecule has 98 valence electrons. The molecule has 2 heterocycles. The van der Waals surface area contributed by atoms with Crippen LogP contribution in [0.15, 0.2) is 30.3 Å². The fourth-order valence-corrected chi connectivity index (χ4v) is 2.70. The Kier molecular flexibility index (Phi) is 3.07. The summed E-state index contributed by atoms with van der Waals surface area (Å²) >= 11 is 0. The summed E-state index contributed by atoms with van der Waals surface area (Å²) in [7, 11) is 0. The van der Waals surface area contributed by atoms with E-state index in [-0.39, 0.29) is 6.42 Å². The van der Waals surface area contributed by atoms with Gasteiger partial charge in [-0.25, -0.2) is 4.98 Å². The van der Waals surface area contributed by atoms with Gasteiger partial charge in [0.1, 0.15) is 5.82 Å². The second-order valence-electron chi connectivity index (χ2n) is 4.87. The first-order valence-corrected chi connectivity index (χ1v) is 6.61. The molecule has 2 aromatic rings. The highest BCUT2D eigenvalue weighted by Gasteiger charge is 2.21. The van der Waals surface area contributed by atoms with Crippen molar-refractivity contribution in [3.63, 3.8) is 0 Å². The van der Waals surface area contributed by atoms with Crippen LogP contribution in [-0.4, -0.2) is 20.6 Å². The Balaban J connectivity index is 2.12. The summed E-state index contributed by atoms with van der Waals surface area (Å²) < 4.78 is 2.10. The number of fused-ring (bicyclic) bond motifs is 1. The monoisotopic (exact) mass is 256 g/mol. The molecule has 0 saturated carbocycles. The zero-order valence-electron chi connectivity index (χ0n) is 10.7. The van der Waals surface area contributed by atoms with Crippen molar-refractivity contribution in [1.82, 2.24) is 9.55 Å². The minimum Gasteiger partial charge on any atom is -0.481 e. The highest BCUT2D eigenvalue weighted by atomic mass is 16.4. The minimum absolute atomic E-state index is 0.0389. The number of rotatable bonds is 3. The van der Waals surface area contributed by atoms with Gasteiger partial charge in [0, 0.05) is 18.5 Å². The smallest absolute Gasteiger partial charge is 0.309 e. The second kappa shape index (κ2) is 4.88. The fraction of sp³-hybridized carbons (Fsp3) is 0.333. The molecule has 0 fully saturated rings. The number of aryl methyl sites for hydroxylation is 1. The van der Waals surface area contributed by atoms with Gasteiger partial charge in [0.2, 0.25) is 0 Å². The Hall–Kier alpha value is -2.10. The van der Waals surface area contributed by atoms with Crippen molar-refractivity contribution in [2.75, 3.05) is 0 Å². The maximum Gasteiger partial charge on any atom is 0.309 e. The SMILES string of the molecule is O=C(O)Cc1c(-c2ccccc2)nc2n1CCCC2.